The summed E-state index contributed by atoms with van der Waals surface area (Å²) < 4.78 is 26.7. The fourth-order valence-corrected chi connectivity index (χ4v) is 1.74. The van der Waals surface area contributed by atoms with E-state index in [0.717, 1.165) is 29.6 Å². The molecule has 0 bridgehead atoms. The number of aryl methyl sites for hydroxylation is 2. The van der Waals surface area contributed by atoms with Crippen molar-refractivity contribution < 1.29 is 8.78 Å². The Labute approximate surface area is 115 Å². The third kappa shape index (κ3) is 3.34. The van der Waals surface area contributed by atoms with Gasteiger partial charge in [0.2, 0.25) is 5.95 Å². The predicted octanol–water partition coefficient (Wildman–Crippen LogP) is 3.21. The fourth-order valence-electron chi connectivity index (χ4n) is 1.74. The number of benzene rings is 1. The van der Waals surface area contributed by atoms with Gasteiger partial charge in [0.25, 0.3) is 0 Å². The third-order valence-corrected chi connectivity index (χ3v) is 2.62. The van der Waals surface area contributed by atoms with E-state index in [4.69, 9.17) is 0 Å². The van der Waals surface area contributed by atoms with Crippen LogP contribution in [0.5, 0.6) is 0 Å². The molecule has 6 heteroatoms. The summed E-state index contributed by atoms with van der Waals surface area (Å²) >= 11 is 0. The van der Waals surface area contributed by atoms with Crippen LogP contribution in [0.15, 0.2) is 29.4 Å². The van der Waals surface area contributed by atoms with Gasteiger partial charge in [-0.05, 0) is 45.0 Å². The second-order valence-electron chi connectivity index (χ2n) is 4.41. The molecule has 104 valence electrons. The van der Waals surface area contributed by atoms with E-state index in [1.54, 1.807) is 6.92 Å². The third-order valence-electron chi connectivity index (χ3n) is 2.62. The van der Waals surface area contributed by atoms with Gasteiger partial charge in [-0.3, -0.25) is 0 Å². The van der Waals surface area contributed by atoms with E-state index in [2.05, 4.69) is 20.5 Å². The quantitative estimate of drug-likeness (QED) is 0.691. The Kier molecular flexibility index (Phi) is 4.02. The molecule has 1 heterocycles. The molecule has 1 aromatic heterocycles. The van der Waals surface area contributed by atoms with Crippen molar-refractivity contribution in [2.75, 3.05) is 5.43 Å². The maximum Gasteiger partial charge on any atom is 0.243 e. The van der Waals surface area contributed by atoms with Crippen LogP contribution in [0.2, 0.25) is 0 Å². The van der Waals surface area contributed by atoms with E-state index in [9.17, 15) is 8.78 Å². The van der Waals surface area contributed by atoms with E-state index in [0.29, 0.717) is 11.7 Å². The number of nitrogens with zero attached hydrogens (tertiary/aromatic N) is 3. The number of hydrogen-bond donors (Lipinski definition) is 1. The number of hydrazone groups is 1. The summed E-state index contributed by atoms with van der Waals surface area (Å²) in [6.45, 7) is 5.25. The van der Waals surface area contributed by atoms with Gasteiger partial charge in [0.1, 0.15) is 11.6 Å². The number of halogens is 2. The lowest BCUT2D eigenvalue weighted by atomic mass is 10.1. The molecular weight excluding hydrogens is 262 g/mol. The van der Waals surface area contributed by atoms with E-state index < -0.39 is 11.6 Å². The summed E-state index contributed by atoms with van der Waals surface area (Å²) in [4.78, 5) is 8.28. The molecule has 0 saturated heterocycles. The zero-order chi connectivity index (χ0) is 14.7. The average Bonchev–Trinajstić information content (AvgIpc) is 2.38. The monoisotopic (exact) mass is 276 g/mol. The maximum absolute atomic E-state index is 13.6. The van der Waals surface area contributed by atoms with Crippen molar-refractivity contribution in [3.8, 4) is 0 Å². The van der Waals surface area contributed by atoms with Crippen molar-refractivity contribution in [2.45, 2.75) is 20.8 Å². The largest absolute Gasteiger partial charge is 0.245 e. The van der Waals surface area contributed by atoms with Crippen LogP contribution in [-0.4, -0.2) is 15.7 Å². The van der Waals surface area contributed by atoms with E-state index in [-0.39, 0.29) is 5.56 Å². The Balaban J connectivity index is 2.24. The number of rotatable bonds is 3. The molecule has 4 nitrogen and oxygen atoms in total. The Morgan fingerprint density at radius 1 is 1.10 bits per heavy atom. The highest BCUT2D eigenvalue weighted by atomic mass is 19.1. The Bertz CT molecular complexity index is 648. The van der Waals surface area contributed by atoms with Crippen molar-refractivity contribution in [1.29, 1.82) is 0 Å². The normalized spacial score (nSPS) is 11.6. The van der Waals surface area contributed by atoms with Crippen molar-refractivity contribution >= 4 is 11.7 Å². The summed E-state index contributed by atoms with van der Waals surface area (Å²) in [5.74, 6) is -0.729. The molecule has 1 N–H and O–H groups in total. The first-order valence-electron chi connectivity index (χ1n) is 6.03. The highest BCUT2D eigenvalue weighted by molar-refractivity contribution is 5.99. The zero-order valence-electron chi connectivity index (χ0n) is 11.4. The second-order valence-corrected chi connectivity index (χ2v) is 4.41. The van der Waals surface area contributed by atoms with Crippen LogP contribution in [0.3, 0.4) is 0 Å². The van der Waals surface area contributed by atoms with Crippen LogP contribution in [0, 0.1) is 25.5 Å². The summed E-state index contributed by atoms with van der Waals surface area (Å²) in [5.41, 5.74) is 4.65. The van der Waals surface area contributed by atoms with Crippen LogP contribution in [0.25, 0.3) is 0 Å². The van der Waals surface area contributed by atoms with Gasteiger partial charge >= 0.3 is 0 Å². The highest BCUT2D eigenvalue weighted by Crippen LogP contribution is 2.11. The molecular formula is C14H14F2N4. The van der Waals surface area contributed by atoms with Crippen LogP contribution in [-0.2, 0) is 0 Å². The SMILES string of the molecule is C/C(=N/Nc1nc(C)cc(C)n1)c1cc(F)ccc1F. The number of nitrogens with one attached hydrogen (secondary N) is 1. The van der Waals surface area contributed by atoms with Crippen molar-refractivity contribution in [3.63, 3.8) is 0 Å². The predicted molar refractivity (Wildman–Crippen MR) is 73.7 cm³/mol. The average molecular weight is 276 g/mol. The first-order valence-corrected chi connectivity index (χ1v) is 6.03. The van der Waals surface area contributed by atoms with E-state index in [1.807, 2.05) is 19.9 Å². The van der Waals surface area contributed by atoms with Gasteiger partial charge in [0.05, 0.1) is 5.71 Å². The van der Waals surface area contributed by atoms with Gasteiger partial charge in [-0.2, -0.15) is 5.10 Å². The van der Waals surface area contributed by atoms with Gasteiger partial charge < -0.3 is 0 Å². The van der Waals surface area contributed by atoms with Crippen molar-refractivity contribution in [1.82, 2.24) is 9.97 Å². The number of hydrogen-bond acceptors (Lipinski definition) is 4. The summed E-state index contributed by atoms with van der Waals surface area (Å²) in [7, 11) is 0. The fraction of sp³-hybridized carbons (Fsp3) is 0.214. The van der Waals surface area contributed by atoms with Gasteiger partial charge in [-0.1, -0.05) is 0 Å². The Hall–Kier alpha value is -2.37. The molecule has 0 aliphatic rings. The van der Waals surface area contributed by atoms with Gasteiger partial charge in [0.15, 0.2) is 0 Å². The van der Waals surface area contributed by atoms with Crippen LogP contribution in [0.4, 0.5) is 14.7 Å². The number of anilines is 1. The lowest BCUT2D eigenvalue weighted by Gasteiger charge is -2.05. The topological polar surface area (TPSA) is 50.2 Å². The molecule has 0 unspecified atom stereocenters. The van der Waals surface area contributed by atoms with Crippen molar-refractivity contribution in [3.05, 3.63) is 52.9 Å². The minimum atomic E-state index is -0.532. The first-order chi connectivity index (χ1) is 9.45. The molecule has 0 fully saturated rings. The number of aromatic nitrogens is 2. The minimum Gasteiger partial charge on any atom is -0.245 e. The minimum absolute atomic E-state index is 0.0990. The lowest BCUT2D eigenvalue weighted by Crippen LogP contribution is -2.05. The smallest absolute Gasteiger partial charge is 0.243 e. The summed E-state index contributed by atoms with van der Waals surface area (Å²) in [6.07, 6.45) is 0. The van der Waals surface area contributed by atoms with Crippen LogP contribution in [0.1, 0.15) is 23.9 Å². The molecule has 0 radical (unpaired) electrons. The second kappa shape index (κ2) is 5.73. The molecule has 2 rings (SSSR count). The molecule has 0 spiro atoms. The Morgan fingerprint density at radius 3 is 2.40 bits per heavy atom. The molecule has 0 amide bonds. The molecule has 1 aromatic carbocycles. The Morgan fingerprint density at radius 2 is 1.75 bits per heavy atom. The molecule has 0 aliphatic heterocycles. The van der Waals surface area contributed by atoms with E-state index >= 15 is 0 Å². The molecule has 2 aromatic rings. The molecule has 20 heavy (non-hydrogen) atoms. The zero-order valence-corrected chi connectivity index (χ0v) is 11.4. The van der Waals surface area contributed by atoms with Crippen LogP contribution >= 0.6 is 0 Å². The standard InChI is InChI=1S/C14H14F2N4/c1-8-6-9(2)18-14(17-8)20-19-10(3)12-7-11(15)4-5-13(12)16/h4-7H,1-3H3,(H,17,18,20)/b19-10-. The highest BCUT2D eigenvalue weighted by Gasteiger charge is 2.07. The van der Waals surface area contributed by atoms with Crippen LogP contribution < -0.4 is 5.43 Å². The summed E-state index contributed by atoms with van der Waals surface area (Å²) in [5, 5.41) is 3.98. The lowest BCUT2D eigenvalue weighted by molar-refractivity contribution is 0.598. The molecule has 0 aliphatic carbocycles. The van der Waals surface area contributed by atoms with Gasteiger partial charge in [0, 0.05) is 17.0 Å². The molecule has 0 saturated carbocycles. The first kappa shape index (κ1) is 14.0. The molecule has 0 atom stereocenters. The van der Waals surface area contributed by atoms with Gasteiger partial charge in [-0.15, -0.1) is 0 Å². The summed E-state index contributed by atoms with van der Waals surface area (Å²) in [6, 6.07) is 5.05. The van der Waals surface area contributed by atoms with Crippen molar-refractivity contribution in [2.24, 2.45) is 5.10 Å². The maximum atomic E-state index is 13.6. The van der Waals surface area contributed by atoms with Gasteiger partial charge in [-0.25, -0.2) is 24.2 Å². The van der Waals surface area contributed by atoms with E-state index in [1.165, 1.54) is 0 Å².